The summed E-state index contributed by atoms with van der Waals surface area (Å²) in [4.78, 5) is 14.3. The van der Waals surface area contributed by atoms with E-state index in [4.69, 9.17) is 0 Å². The second-order valence-corrected chi connectivity index (χ2v) is 6.55. The number of phenols is 1. The zero-order valence-corrected chi connectivity index (χ0v) is 14.8. The monoisotopic (exact) mass is 330 g/mol. The Labute approximate surface area is 145 Å². The van der Waals surface area contributed by atoms with E-state index in [1.165, 1.54) is 31.3 Å². The Morgan fingerprint density at radius 3 is 2.83 bits per heavy atom. The Morgan fingerprint density at radius 1 is 1.29 bits per heavy atom. The van der Waals surface area contributed by atoms with Crippen LogP contribution < -0.4 is 5.32 Å². The lowest BCUT2D eigenvalue weighted by atomic mass is 9.97. The molecule has 2 N–H and O–H groups in total. The van der Waals surface area contributed by atoms with Crippen LogP contribution in [0.5, 0.6) is 5.75 Å². The van der Waals surface area contributed by atoms with Crippen molar-refractivity contribution in [2.24, 2.45) is 0 Å². The van der Waals surface area contributed by atoms with Crippen molar-refractivity contribution in [1.29, 1.82) is 0 Å². The molecular weight excluding hydrogens is 300 g/mol. The van der Waals surface area contributed by atoms with E-state index in [-0.39, 0.29) is 5.91 Å². The molecular formula is C20H30N2O2. The van der Waals surface area contributed by atoms with E-state index in [0.717, 1.165) is 31.5 Å². The summed E-state index contributed by atoms with van der Waals surface area (Å²) in [5.41, 5.74) is 2.35. The topological polar surface area (TPSA) is 52.6 Å². The number of amides is 1. The Kier molecular flexibility index (Phi) is 7.83. The normalized spacial score (nSPS) is 14.5. The van der Waals surface area contributed by atoms with Gasteiger partial charge >= 0.3 is 0 Å². The number of benzene rings is 1. The summed E-state index contributed by atoms with van der Waals surface area (Å²) < 4.78 is 0. The van der Waals surface area contributed by atoms with Gasteiger partial charge in [-0.1, -0.05) is 36.8 Å². The van der Waals surface area contributed by atoms with Crippen LogP contribution in [0.1, 0.15) is 51.0 Å². The van der Waals surface area contributed by atoms with Gasteiger partial charge < -0.3 is 10.4 Å². The molecule has 0 bridgehead atoms. The number of carbonyl (C=O) groups excluding carboxylic acids is 1. The number of allylic oxidation sites excluding steroid dienone is 1. The Hall–Kier alpha value is -1.81. The summed E-state index contributed by atoms with van der Waals surface area (Å²) in [7, 11) is 0. The van der Waals surface area contributed by atoms with Crippen LogP contribution in [0.25, 0.3) is 0 Å². The van der Waals surface area contributed by atoms with Crippen molar-refractivity contribution in [2.45, 2.75) is 52.0 Å². The molecule has 0 spiro atoms. The van der Waals surface area contributed by atoms with Crippen molar-refractivity contribution in [3.05, 3.63) is 41.5 Å². The van der Waals surface area contributed by atoms with Crippen LogP contribution in [-0.4, -0.2) is 35.5 Å². The molecule has 1 amide bonds. The van der Waals surface area contributed by atoms with E-state index >= 15 is 0 Å². The summed E-state index contributed by atoms with van der Waals surface area (Å²) in [5.74, 6) is 0.360. The largest absolute Gasteiger partial charge is 0.508 e. The van der Waals surface area contributed by atoms with Crippen LogP contribution in [0.4, 0.5) is 0 Å². The Morgan fingerprint density at radius 2 is 2.12 bits per heavy atom. The Bertz CT molecular complexity index is 554. The van der Waals surface area contributed by atoms with Crippen molar-refractivity contribution in [3.8, 4) is 5.75 Å². The number of para-hydroxylation sites is 1. The predicted octanol–water partition coefficient (Wildman–Crippen LogP) is 3.61. The predicted molar refractivity (Wildman–Crippen MR) is 97.9 cm³/mol. The molecule has 0 saturated heterocycles. The lowest BCUT2D eigenvalue weighted by molar-refractivity contribution is -0.122. The van der Waals surface area contributed by atoms with E-state index in [1.54, 1.807) is 6.07 Å². The molecule has 1 aliphatic rings. The van der Waals surface area contributed by atoms with Crippen LogP contribution in [0.2, 0.25) is 0 Å². The first-order valence-electron chi connectivity index (χ1n) is 9.13. The molecule has 0 atom stereocenters. The molecule has 132 valence electrons. The lowest BCUT2D eigenvalue weighted by Gasteiger charge is -2.22. The van der Waals surface area contributed by atoms with Crippen LogP contribution in [-0.2, 0) is 11.3 Å². The quantitative estimate of drug-likeness (QED) is 0.680. The highest BCUT2D eigenvalue weighted by atomic mass is 16.3. The minimum absolute atomic E-state index is 0.0651. The van der Waals surface area contributed by atoms with Gasteiger partial charge in [0.05, 0.1) is 6.54 Å². The molecule has 0 fully saturated rings. The number of nitrogens with one attached hydrogen (secondary N) is 1. The van der Waals surface area contributed by atoms with E-state index < -0.39 is 0 Å². The van der Waals surface area contributed by atoms with Crippen molar-refractivity contribution in [1.82, 2.24) is 10.2 Å². The number of rotatable bonds is 9. The zero-order chi connectivity index (χ0) is 17.2. The van der Waals surface area contributed by atoms with Crippen molar-refractivity contribution >= 4 is 5.91 Å². The van der Waals surface area contributed by atoms with E-state index in [0.29, 0.717) is 18.8 Å². The first-order chi connectivity index (χ1) is 11.7. The van der Waals surface area contributed by atoms with Gasteiger partial charge in [0.2, 0.25) is 5.91 Å². The summed E-state index contributed by atoms with van der Waals surface area (Å²) in [6.07, 6.45) is 9.24. The number of hydrogen-bond acceptors (Lipinski definition) is 3. The highest BCUT2D eigenvalue weighted by Gasteiger charge is 2.12. The molecule has 0 saturated carbocycles. The van der Waals surface area contributed by atoms with E-state index in [2.05, 4.69) is 23.2 Å². The molecule has 1 aromatic rings. The molecule has 24 heavy (non-hydrogen) atoms. The number of phenolic OH excluding ortho intramolecular Hbond substituents is 1. The maximum atomic E-state index is 12.2. The molecule has 4 heteroatoms. The Balaban J connectivity index is 1.77. The van der Waals surface area contributed by atoms with Crippen molar-refractivity contribution < 1.29 is 9.90 Å². The van der Waals surface area contributed by atoms with E-state index in [1.807, 2.05) is 18.2 Å². The minimum Gasteiger partial charge on any atom is -0.508 e. The SMILES string of the molecule is CCCN(CC(=O)NCCC1=CCCCC1)Cc1ccccc1O. The van der Waals surface area contributed by atoms with Gasteiger partial charge in [-0.25, -0.2) is 0 Å². The van der Waals surface area contributed by atoms with Crippen LogP contribution >= 0.6 is 0 Å². The highest BCUT2D eigenvalue weighted by molar-refractivity contribution is 5.78. The van der Waals surface area contributed by atoms with Gasteiger partial charge in [-0.05, 0) is 51.1 Å². The van der Waals surface area contributed by atoms with Crippen LogP contribution in [0.3, 0.4) is 0 Å². The van der Waals surface area contributed by atoms with E-state index in [9.17, 15) is 9.90 Å². The van der Waals surface area contributed by atoms with Crippen molar-refractivity contribution in [3.63, 3.8) is 0 Å². The number of carbonyl (C=O) groups is 1. The van der Waals surface area contributed by atoms with Gasteiger partial charge in [-0.2, -0.15) is 0 Å². The zero-order valence-electron chi connectivity index (χ0n) is 14.8. The summed E-state index contributed by atoms with van der Waals surface area (Å²) in [5, 5.41) is 12.9. The molecule has 0 aromatic heterocycles. The number of hydrogen-bond donors (Lipinski definition) is 2. The first kappa shape index (κ1) is 18.5. The van der Waals surface area contributed by atoms with Crippen molar-refractivity contribution in [2.75, 3.05) is 19.6 Å². The van der Waals surface area contributed by atoms with Gasteiger partial charge in [0.25, 0.3) is 0 Å². The van der Waals surface area contributed by atoms with Gasteiger partial charge in [0.15, 0.2) is 0 Å². The third kappa shape index (κ3) is 6.36. The standard InChI is InChI=1S/C20H30N2O2/c1-2-14-22(15-18-10-6-7-11-19(18)23)16-20(24)21-13-12-17-8-4-3-5-9-17/h6-8,10-11,23H,2-5,9,12-16H2,1H3,(H,21,24). The fraction of sp³-hybridized carbons (Fsp3) is 0.550. The highest BCUT2D eigenvalue weighted by Crippen LogP contribution is 2.19. The third-order valence-corrected chi connectivity index (χ3v) is 4.45. The fourth-order valence-electron chi connectivity index (χ4n) is 3.17. The smallest absolute Gasteiger partial charge is 0.234 e. The molecule has 1 aromatic carbocycles. The molecule has 1 aliphatic carbocycles. The maximum Gasteiger partial charge on any atom is 0.234 e. The molecule has 4 nitrogen and oxygen atoms in total. The summed E-state index contributed by atoms with van der Waals surface area (Å²) in [6.45, 7) is 4.64. The average Bonchev–Trinajstić information content (AvgIpc) is 2.58. The molecule has 0 aliphatic heterocycles. The number of nitrogens with zero attached hydrogens (tertiary/aromatic N) is 1. The fourth-order valence-corrected chi connectivity index (χ4v) is 3.17. The molecule has 2 rings (SSSR count). The average molecular weight is 330 g/mol. The van der Waals surface area contributed by atoms with Gasteiger partial charge in [0.1, 0.15) is 5.75 Å². The summed E-state index contributed by atoms with van der Waals surface area (Å²) >= 11 is 0. The maximum absolute atomic E-state index is 12.2. The van der Waals surface area contributed by atoms with Crippen LogP contribution in [0, 0.1) is 0 Å². The van der Waals surface area contributed by atoms with Gasteiger partial charge in [0, 0.05) is 18.7 Å². The molecule has 0 radical (unpaired) electrons. The number of aromatic hydroxyl groups is 1. The first-order valence-corrected chi connectivity index (χ1v) is 9.13. The second kappa shape index (κ2) is 10.1. The van der Waals surface area contributed by atoms with Crippen LogP contribution in [0.15, 0.2) is 35.9 Å². The third-order valence-electron chi connectivity index (χ3n) is 4.45. The minimum atomic E-state index is 0.0651. The second-order valence-electron chi connectivity index (χ2n) is 6.55. The molecule has 0 unspecified atom stereocenters. The summed E-state index contributed by atoms with van der Waals surface area (Å²) in [6, 6.07) is 7.33. The van der Waals surface area contributed by atoms with Gasteiger partial charge in [-0.15, -0.1) is 0 Å². The lowest BCUT2D eigenvalue weighted by Crippen LogP contribution is -2.37. The molecule has 0 heterocycles. The van der Waals surface area contributed by atoms with Gasteiger partial charge in [-0.3, -0.25) is 9.69 Å².